The lowest BCUT2D eigenvalue weighted by molar-refractivity contribution is -0.120. The number of ether oxygens (including phenoxy) is 1. The molecule has 0 aliphatic heterocycles. The normalized spacial score (nSPS) is 20.0. The van der Waals surface area contributed by atoms with Gasteiger partial charge in [0.2, 0.25) is 11.6 Å². The van der Waals surface area contributed by atoms with Crippen LogP contribution >= 0.6 is 0 Å². The number of Topliss-reactive ketones (excluding diaryl/α,β-unsaturated/α-hetero) is 2. The Morgan fingerprint density at radius 1 is 0.867 bits per heavy atom. The molecule has 0 heterocycles. The Labute approximate surface area is 87.4 Å². The van der Waals surface area contributed by atoms with E-state index in [0.717, 1.165) is 0 Å². The zero-order chi connectivity index (χ0) is 10.7. The van der Waals surface area contributed by atoms with E-state index in [-0.39, 0.29) is 23.1 Å². The fourth-order valence-electron chi connectivity index (χ4n) is 1.35. The monoisotopic (exact) mass is 202 g/mol. The van der Waals surface area contributed by atoms with Gasteiger partial charge in [0, 0.05) is 12.8 Å². The van der Waals surface area contributed by atoms with Gasteiger partial charge in [-0.1, -0.05) is 24.3 Å². The van der Waals surface area contributed by atoms with Crippen molar-refractivity contribution < 1.29 is 14.3 Å². The number of hydrogen-bond donors (Lipinski definition) is 0. The summed E-state index contributed by atoms with van der Waals surface area (Å²) in [5.74, 6) is 0.293. The van der Waals surface area contributed by atoms with Gasteiger partial charge in [0.1, 0.15) is 0 Å². The second-order valence-corrected chi connectivity index (χ2v) is 3.27. The van der Waals surface area contributed by atoms with E-state index in [1.54, 1.807) is 36.5 Å². The van der Waals surface area contributed by atoms with Crippen LogP contribution in [0.25, 0.3) is 0 Å². The summed E-state index contributed by atoms with van der Waals surface area (Å²) in [6.07, 6.45) is 10.8. The van der Waals surface area contributed by atoms with Gasteiger partial charge in [-0.05, 0) is 12.2 Å². The van der Waals surface area contributed by atoms with Crippen LogP contribution in [0.3, 0.4) is 0 Å². The average Bonchev–Trinajstić information content (AvgIpc) is 2.24. The van der Waals surface area contributed by atoms with Gasteiger partial charge >= 0.3 is 0 Å². The van der Waals surface area contributed by atoms with E-state index in [2.05, 4.69) is 0 Å². The van der Waals surface area contributed by atoms with E-state index in [0.29, 0.717) is 12.8 Å². The molecule has 0 saturated carbocycles. The van der Waals surface area contributed by atoms with Gasteiger partial charge in [0.15, 0.2) is 11.5 Å². The molecule has 0 fully saturated rings. The van der Waals surface area contributed by atoms with Crippen LogP contribution in [-0.2, 0) is 14.3 Å². The quantitative estimate of drug-likeness (QED) is 0.686. The van der Waals surface area contributed by atoms with Crippen molar-refractivity contribution >= 4 is 11.6 Å². The number of carbonyl (C=O) groups excluding carboxylic acids is 2. The van der Waals surface area contributed by atoms with Crippen molar-refractivity contribution in [2.45, 2.75) is 12.8 Å². The summed E-state index contributed by atoms with van der Waals surface area (Å²) in [6.45, 7) is 0. The first-order valence-corrected chi connectivity index (χ1v) is 4.75. The lowest BCUT2D eigenvalue weighted by Gasteiger charge is -2.13. The molecular weight excluding hydrogens is 192 g/mol. The Morgan fingerprint density at radius 3 is 1.73 bits per heavy atom. The molecule has 76 valence electrons. The number of carbonyl (C=O) groups is 2. The van der Waals surface area contributed by atoms with Crippen molar-refractivity contribution in [2.24, 2.45) is 0 Å². The highest BCUT2D eigenvalue weighted by Gasteiger charge is 2.18. The molecule has 2 rings (SSSR count). The summed E-state index contributed by atoms with van der Waals surface area (Å²) in [7, 11) is 0. The topological polar surface area (TPSA) is 43.4 Å². The van der Waals surface area contributed by atoms with Crippen molar-refractivity contribution in [3.63, 3.8) is 0 Å². The molecule has 0 amide bonds. The molecule has 0 spiro atoms. The number of allylic oxidation sites excluding steroid dienone is 8. The van der Waals surface area contributed by atoms with Crippen LogP contribution < -0.4 is 0 Å². The molecule has 0 aromatic rings. The zero-order valence-electron chi connectivity index (χ0n) is 8.10. The molecule has 0 unspecified atom stereocenters. The van der Waals surface area contributed by atoms with E-state index in [1.807, 2.05) is 0 Å². The summed E-state index contributed by atoms with van der Waals surface area (Å²) in [4.78, 5) is 22.7. The molecule has 2 aliphatic rings. The van der Waals surface area contributed by atoms with E-state index in [4.69, 9.17) is 4.74 Å². The standard InChI is InChI=1S/C12H10O3/c13-9-5-1-3-7-11(9)15-12-8-4-2-6-10(12)14/h1-4,7-8H,5-6H2. The van der Waals surface area contributed by atoms with Crippen molar-refractivity contribution in [1.82, 2.24) is 0 Å². The predicted molar refractivity (Wildman–Crippen MR) is 54.8 cm³/mol. The Kier molecular flexibility index (Phi) is 2.63. The molecule has 3 heteroatoms. The Balaban J connectivity index is 2.14. The number of ketones is 2. The lowest BCUT2D eigenvalue weighted by Crippen LogP contribution is -2.13. The van der Waals surface area contributed by atoms with Gasteiger partial charge in [-0.3, -0.25) is 9.59 Å². The highest BCUT2D eigenvalue weighted by molar-refractivity contribution is 5.99. The van der Waals surface area contributed by atoms with Crippen LogP contribution in [0, 0.1) is 0 Å². The molecular formula is C12H10O3. The van der Waals surface area contributed by atoms with E-state index in [9.17, 15) is 9.59 Å². The smallest absolute Gasteiger partial charge is 0.201 e. The average molecular weight is 202 g/mol. The number of rotatable bonds is 2. The second kappa shape index (κ2) is 4.09. The van der Waals surface area contributed by atoms with Crippen LogP contribution in [0.4, 0.5) is 0 Å². The van der Waals surface area contributed by atoms with Crippen molar-refractivity contribution in [2.75, 3.05) is 0 Å². The second-order valence-electron chi connectivity index (χ2n) is 3.27. The van der Waals surface area contributed by atoms with E-state index in [1.165, 1.54) is 0 Å². The number of hydrogen-bond acceptors (Lipinski definition) is 3. The molecule has 2 aliphatic carbocycles. The molecule has 0 atom stereocenters. The molecule has 0 bridgehead atoms. The van der Waals surface area contributed by atoms with E-state index >= 15 is 0 Å². The fraction of sp³-hybridized carbons (Fsp3) is 0.167. The van der Waals surface area contributed by atoms with Crippen molar-refractivity contribution in [3.05, 3.63) is 48.0 Å². The molecule has 0 aromatic carbocycles. The molecule has 3 nitrogen and oxygen atoms in total. The van der Waals surface area contributed by atoms with Gasteiger partial charge in [-0.2, -0.15) is 0 Å². The third-order valence-electron chi connectivity index (χ3n) is 2.14. The summed E-state index contributed by atoms with van der Waals surface area (Å²) in [5.41, 5.74) is 0. The molecule has 0 radical (unpaired) electrons. The van der Waals surface area contributed by atoms with Crippen molar-refractivity contribution in [1.29, 1.82) is 0 Å². The Bertz CT molecular complexity index is 382. The summed E-state index contributed by atoms with van der Waals surface area (Å²) >= 11 is 0. The fourth-order valence-corrected chi connectivity index (χ4v) is 1.35. The third kappa shape index (κ3) is 2.13. The van der Waals surface area contributed by atoms with Crippen LogP contribution in [0.5, 0.6) is 0 Å². The Morgan fingerprint density at radius 2 is 1.33 bits per heavy atom. The first-order valence-electron chi connectivity index (χ1n) is 4.75. The molecule has 15 heavy (non-hydrogen) atoms. The van der Waals surface area contributed by atoms with Gasteiger partial charge in [-0.25, -0.2) is 0 Å². The zero-order valence-corrected chi connectivity index (χ0v) is 8.10. The van der Waals surface area contributed by atoms with Crippen LogP contribution in [0.2, 0.25) is 0 Å². The minimum absolute atomic E-state index is 0.0965. The molecule has 0 N–H and O–H groups in total. The molecule has 0 saturated heterocycles. The van der Waals surface area contributed by atoms with E-state index < -0.39 is 0 Å². The van der Waals surface area contributed by atoms with Crippen LogP contribution in [0.1, 0.15) is 12.8 Å². The van der Waals surface area contributed by atoms with Crippen LogP contribution in [0.15, 0.2) is 48.0 Å². The predicted octanol–water partition coefficient (Wildman–Crippen LogP) is 1.83. The summed E-state index contributed by atoms with van der Waals surface area (Å²) in [5, 5.41) is 0. The first-order chi connectivity index (χ1) is 7.27. The largest absolute Gasteiger partial charge is 0.450 e. The van der Waals surface area contributed by atoms with Gasteiger partial charge < -0.3 is 4.74 Å². The van der Waals surface area contributed by atoms with Gasteiger partial charge in [0.05, 0.1) is 0 Å². The third-order valence-corrected chi connectivity index (χ3v) is 2.14. The maximum absolute atomic E-state index is 11.4. The first kappa shape index (κ1) is 9.65. The minimum Gasteiger partial charge on any atom is -0.450 e. The van der Waals surface area contributed by atoms with Crippen LogP contribution in [-0.4, -0.2) is 11.6 Å². The highest BCUT2D eigenvalue weighted by Crippen LogP contribution is 2.17. The highest BCUT2D eigenvalue weighted by atomic mass is 16.5. The summed E-state index contributed by atoms with van der Waals surface area (Å²) < 4.78 is 5.28. The molecule has 0 aromatic heterocycles. The lowest BCUT2D eigenvalue weighted by atomic mass is 10.1. The van der Waals surface area contributed by atoms with Crippen molar-refractivity contribution in [3.8, 4) is 0 Å². The van der Waals surface area contributed by atoms with Gasteiger partial charge in [0.25, 0.3) is 0 Å². The maximum atomic E-state index is 11.4. The maximum Gasteiger partial charge on any atom is 0.201 e. The van der Waals surface area contributed by atoms with Gasteiger partial charge in [-0.15, -0.1) is 0 Å². The summed E-state index contributed by atoms with van der Waals surface area (Å²) in [6, 6.07) is 0. The SMILES string of the molecule is O=C1CC=CC=C1OC1=CC=CCC1=O. The minimum atomic E-state index is -0.0965. The Hall–Kier alpha value is -1.90.